The molecular weight excluding hydrogens is 186 g/mol. The number of carbonyl (C=O) groups is 1. The number of rotatable bonds is 4. The normalized spacial score (nSPS) is 11.2. The van der Waals surface area contributed by atoms with Crippen LogP contribution in [0, 0.1) is 0 Å². The quantitative estimate of drug-likeness (QED) is 0.514. The summed E-state index contributed by atoms with van der Waals surface area (Å²) in [6.07, 6.45) is -0.506. The number of hydrogen-bond donors (Lipinski definition) is 0. The molecule has 0 radical (unpaired) electrons. The van der Waals surface area contributed by atoms with Gasteiger partial charge in [-0.15, -0.1) is 0 Å². The highest BCUT2D eigenvalue weighted by atomic mass is 16.7. The van der Waals surface area contributed by atoms with Crippen LogP contribution in [-0.2, 0) is 14.3 Å². The molecule has 0 aliphatic rings. The molecule has 0 unspecified atom stereocenters. The second-order valence-electron chi connectivity index (χ2n) is 3.80. The SMILES string of the molecule is COCCON(C)C(=O)OC(C)(C)C. The Balaban J connectivity index is 3.77. The molecule has 0 heterocycles. The molecule has 14 heavy (non-hydrogen) atoms. The fourth-order valence-corrected chi connectivity index (χ4v) is 0.636. The van der Waals surface area contributed by atoms with E-state index >= 15 is 0 Å². The third-order valence-electron chi connectivity index (χ3n) is 1.22. The molecule has 0 aromatic rings. The van der Waals surface area contributed by atoms with E-state index in [1.54, 1.807) is 27.9 Å². The fourth-order valence-electron chi connectivity index (χ4n) is 0.636. The van der Waals surface area contributed by atoms with Crippen molar-refractivity contribution in [3.8, 4) is 0 Å². The molecular formula is C9H19NO4. The molecule has 0 spiro atoms. The van der Waals surface area contributed by atoms with Gasteiger partial charge >= 0.3 is 6.09 Å². The van der Waals surface area contributed by atoms with Crippen LogP contribution < -0.4 is 0 Å². The lowest BCUT2D eigenvalue weighted by Crippen LogP contribution is -2.34. The summed E-state index contributed by atoms with van der Waals surface area (Å²) in [5.74, 6) is 0. The minimum absolute atomic E-state index is 0.326. The Hall–Kier alpha value is -0.810. The minimum Gasteiger partial charge on any atom is -0.442 e. The summed E-state index contributed by atoms with van der Waals surface area (Å²) in [7, 11) is 3.07. The maximum Gasteiger partial charge on any atom is 0.434 e. The van der Waals surface area contributed by atoms with Crippen LogP contribution in [0.15, 0.2) is 0 Å². The average Bonchev–Trinajstić information content (AvgIpc) is 2.01. The lowest BCUT2D eigenvalue weighted by Gasteiger charge is -2.23. The number of hydrogen-bond acceptors (Lipinski definition) is 4. The lowest BCUT2D eigenvalue weighted by atomic mass is 10.2. The first kappa shape index (κ1) is 13.2. The first-order valence-electron chi connectivity index (χ1n) is 4.45. The first-order valence-corrected chi connectivity index (χ1v) is 4.45. The summed E-state index contributed by atoms with van der Waals surface area (Å²) in [5, 5.41) is 1.06. The smallest absolute Gasteiger partial charge is 0.434 e. The monoisotopic (exact) mass is 205 g/mol. The zero-order valence-electron chi connectivity index (χ0n) is 9.49. The van der Waals surface area contributed by atoms with Crippen molar-refractivity contribution < 1.29 is 19.1 Å². The predicted molar refractivity (Wildman–Crippen MR) is 51.8 cm³/mol. The van der Waals surface area contributed by atoms with Crippen LogP contribution in [0.1, 0.15) is 20.8 Å². The van der Waals surface area contributed by atoms with Gasteiger partial charge < -0.3 is 9.47 Å². The molecule has 0 bridgehead atoms. The molecule has 0 aromatic heterocycles. The molecule has 0 fully saturated rings. The molecule has 0 aliphatic heterocycles. The molecule has 5 nitrogen and oxygen atoms in total. The van der Waals surface area contributed by atoms with Crippen LogP contribution in [0.3, 0.4) is 0 Å². The number of amides is 1. The van der Waals surface area contributed by atoms with Gasteiger partial charge in [0.05, 0.1) is 13.2 Å². The van der Waals surface area contributed by atoms with Crippen LogP contribution in [0.2, 0.25) is 0 Å². The molecule has 1 amide bonds. The summed E-state index contributed by atoms with van der Waals surface area (Å²) in [4.78, 5) is 16.3. The first-order chi connectivity index (χ1) is 6.37. The van der Waals surface area contributed by atoms with E-state index < -0.39 is 11.7 Å². The average molecular weight is 205 g/mol. The largest absolute Gasteiger partial charge is 0.442 e. The number of ether oxygens (including phenoxy) is 2. The highest BCUT2D eigenvalue weighted by molar-refractivity contribution is 5.66. The molecule has 0 saturated carbocycles. The molecule has 0 rings (SSSR count). The fraction of sp³-hybridized carbons (Fsp3) is 0.889. The van der Waals surface area contributed by atoms with Gasteiger partial charge in [0, 0.05) is 14.2 Å². The number of hydroxylamine groups is 2. The summed E-state index contributed by atoms with van der Waals surface area (Å²) in [5.41, 5.74) is -0.504. The molecule has 0 atom stereocenters. The van der Waals surface area contributed by atoms with Crippen LogP contribution in [0.25, 0.3) is 0 Å². The molecule has 5 heteroatoms. The molecule has 84 valence electrons. The number of methoxy groups -OCH3 is 1. The van der Waals surface area contributed by atoms with E-state index in [2.05, 4.69) is 0 Å². The Bertz CT molecular complexity index is 176. The highest BCUT2D eigenvalue weighted by Gasteiger charge is 2.19. The van der Waals surface area contributed by atoms with E-state index in [4.69, 9.17) is 14.3 Å². The van der Waals surface area contributed by atoms with E-state index in [0.717, 1.165) is 5.06 Å². The van der Waals surface area contributed by atoms with Gasteiger partial charge in [0.1, 0.15) is 5.60 Å². The van der Waals surface area contributed by atoms with Crippen LogP contribution in [0.5, 0.6) is 0 Å². The second-order valence-corrected chi connectivity index (χ2v) is 3.80. The van der Waals surface area contributed by atoms with Gasteiger partial charge in [-0.05, 0) is 20.8 Å². The van der Waals surface area contributed by atoms with Crippen LogP contribution in [0.4, 0.5) is 4.79 Å². The predicted octanol–water partition coefficient (Wildman–Crippen LogP) is 1.43. The topological polar surface area (TPSA) is 48.0 Å². The van der Waals surface area contributed by atoms with E-state index in [1.165, 1.54) is 7.05 Å². The summed E-state index contributed by atoms with van der Waals surface area (Å²) in [6, 6.07) is 0. The third-order valence-corrected chi connectivity index (χ3v) is 1.22. The van der Waals surface area contributed by atoms with Crippen molar-refractivity contribution in [2.45, 2.75) is 26.4 Å². The summed E-state index contributed by atoms with van der Waals surface area (Å²) >= 11 is 0. The summed E-state index contributed by atoms with van der Waals surface area (Å²) < 4.78 is 9.82. The van der Waals surface area contributed by atoms with Crippen molar-refractivity contribution in [3.63, 3.8) is 0 Å². The second kappa shape index (κ2) is 5.82. The van der Waals surface area contributed by atoms with Gasteiger partial charge in [-0.1, -0.05) is 0 Å². The standard InChI is InChI=1S/C9H19NO4/c1-9(2,3)14-8(11)10(4)13-7-6-12-5/h6-7H2,1-5H3. The zero-order valence-corrected chi connectivity index (χ0v) is 9.49. The van der Waals surface area contributed by atoms with E-state index in [9.17, 15) is 4.79 Å². The van der Waals surface area contributed by atoms with Crippen molar-refractivity contribution >= 4 is 6.09 Å². The summed E-state index contributed by atoms with van der Waals surface area (Å²) in [6.45, 7) is 6.16. The maximum atomic E-state index is 11.3. The Labute approximate surface area is 84.9 Å². The maximum absolute atomic E-state index is 11.3. The van der Waals surface area contributed by atoms with Gasteiger partial charge in [-0.3, -0.25) is 4.84 Å². The van der Waals surface area contributed by atoms with E-state index in [1.807, 2.05) is 0 Å². The van der Waals surface area contributed by atoms with E-state index in [-0.39, 0.29) is 0 Å². The van der Waals surface area contributed by atoms with Crippen molar-refractivity contribution in [3.05, 3.63) is 0 Å². The molecule has 0 aromatic carbocycles. The molecule has 0 saturated heterocycles. The van der Waals surface area contributed by atoms with Crippen molar-refractivity contribution in [2.24, 2.45) is 0 Å². The van der Waals surface area contributed by atoms with Gasteiger partial charge in [0.15, 0.2) is 0 Å². The zero-order chi connectivity index (χ0) is 11.2. The van der Waals surface area contributed by atoms with Crippen molar-refractivity contribution in [2.75, 3.05) is 27.4 Å². The third kappa shape index (κ3) is 6.68. The van der Waals surface area contributed by atoms with Crippen LogP contribution >= 0.6 is 0 Å². The van der Waals surface area contributed by atoms with Crippen LogP contribution in [-0.4, -0.2) is 44.1 Å². The molecule has 0 N–H and O–H groups in total. The van der Waals surface area contributed by atoms with Gasteiger partial charge in [0.2, 0.25) is 0 Å². The highest BCUT2D eigenvalue weighted by Crippen LogP contribution is 2.08. The Morgan fingerprint density at radius 2 is 1.86 bits per heavy atom. The van der Waals surface area contributed by atoms with Gasteiger partial charge in [-0.2, -0.15) is 5.06 Å². The Morgan fingerprint density at radius 1 is 1.29 bits per heavy atom. The number of nitrogens with zero attached hydrogens (tertiary/aromatic N) is 1. The van der Waals surface area contributed by atoms with Gasteiger partial charge in [0.25, 0.3) is 0 Å². The molecule has 0 aliphatic carbocycles. The van der Waals surface area contributed by atoms with Crippen molar-refractivity contribution in [1.82, 2.24) is 5.06 Å². The lowest BCUT2D eigenvalue weighted by molar-refractivity contribution is -0.139. The Morgan fingerprint density at radius 3 is 2.29 bits per heavy atom. The minimum atomic E-state index is -0.506. The number of carbonyl (C=O) groups excluding carboxylic acids is 1. The van der Waals surface area contributed by atoms with Crippen molar-refractivity contribution in [1.29, 1.82) is 0 Å². The van der Waals surface area contributed by atoms with Gasteiger partial charge in [-0.25, -0.2) is 4.79 Å². The Kier molecular flexibility index (Phi) is 5.49. The van der Waals surface area contributed by atoms with E-state index in [0.29, 0.717) is 13.2 Å².